The van der Waals surface area contributed by atoms with E-state index >= 15 is 0 Å². The van der Waals surface area contributed by atoms with Crippen molar-refractivity contribution in [1.82, 2.24) is 0 Å². The molecule has 0 spiro atoms. The Kier molecular flexibility index (Phi) is 4.58. The molecule has 0 saturated carbocycles. The molecule has 0 aliphatic heterocycles. The largest absolute Gasteiger partial charge is 0.457 e. The van der Waals surface area contributed by atoms with Crippen molar-refractivity contribution >= 4 is 27.7 Å². The van der Waals surface area contributed by atoms with Gasteiger partial charge in [-0.15, -0.1) is 0 Å². The minimum Gasteiger partial charge on any atom is -0.457 e. The van der Waals surface area contributed by atoms with Gasteiger partial charge in [0.1, 0.15) is 12.2 Å². The zero-order valence-electron chi connectivity index (χ0n) is 14.8. The molecule has 1 aromatic heterocycles. The lowest BCUT2D eigenvalue weighted by molar-refractivity contribution is -0.138. The monoisotopic (exact) mass is 398 g/mol. The van der Waals surface area contributed by atoms with E-state index in [9.17, 15) is 22.8 Å². The predicted molar refractivity (Wildman–Crippen MR) is 101 cm³/mol. The summed E-state index contributed by atoms with van der Waals surface area (Å²) < 4.78 is 49.8. The number of alkyl halides is 3. The first-order chi connectivity index (χ1) is 13.8. The molecule has 29 heavy (non-hydrogen) atoms. The Balaban J connectivity index is 1.74. The first-order valence-corrected chi connectivity index (χ1v) is 8.62. The van der Waals surface area contributed by atoms with Gasteiger partial charge >= 0.3 is 17.8 Å². The number of halogens is 3. The quantitative estimate of drug-likeness (QED) is 0.266. The molecule has 4 aromatic rings. The molecule has 0 aliphatic carbocycles. The summed E-state index contributed by atoms with van der Waals surface area (Å²) in [6, 6.07) is 16.3. The second-order valence-electron chi connectivity index (χ2n) is 6.37. The summed E-state index contributed by atoms with van der Waals surface area (Å²) in [5.41, 5.74) is -1.65. The summed E-state index contributed by atoms with van der Waals surface area (Å²) >= 11 is 0. The van der Waals surface area contributed by atoms with Gasteiger partial charge in [-0.3, -0.25) is 0 Å². The van der Waals surface area contributed by atoms with Crippen molar-refractivity contribution in [3.8, 4) is 0 Å². The van der Waals surface area contributed by atoms with Crippen LogP contribution in [0.1, 0.15) is 21.5 Å². The Morgan fingerprint density at radius 3 is 2.48 bits per heavy atom. The minimum absolute atomic E-state index is 0.304. The number of hydrogen-bond donors (Lipinski definition) is 0. The van der Waals surface area contributed by atoms with E-state index in [4.69, 9.17) is 9.15 Å². The number of carbonyl (C=O) groups is 1. The average molecular weight is 398 g/mol. The molecule has 1 heterocycles. The normalized spacial score (nSPS) is 11.7. The lowest BCUT2D eigenvalue weighted by atomic mass is 10.0. The van der Waals surface area contributed by atoms with Crippen LogP contribution in [-0.4, -0.2) is 5.97 Å². The Bertz CT molecular complexity index is 1290. The van der Waals surface area contributed by atoms with E-state index in [-0.39, 0.29) is 6.61 Å². The summed E-state index contributed by atoms with van der Waals surface area (Å²) in [6.45, 7) is -0.374. The third-order valence-electron chi connectivity index (χ3n) is 4.53. The molecule has 0 fully saturated rings. The standard InChI is InChI=1S/C22H13F3O4/c23-22(24,25)17-8-4-3-7-16(17)21(27)28-12-14-11-19(26)29-18-10-9-13-5-1-2-6-15(13)20(14)18/h1-11H,12H2. The molecule has 4 rings (SSSR count). The van der Waals surface area contributed by atoms with Crippen LogP contribution in [0.2, 0.25) is 0 Å². The molecule has 0 atom stereocenters. The molecule has 146 valence electrons. The van der Waals surface area contributed by atoms with Crippen molar-refractivity contribution in [3.05, 3.63) is 93.8 Å². The number of esters is 1. The van der Waals surface area contributed by atoms with Crippen molar-refractivity contribution in [2.45, 2.75) is 12.8 Å². The molecule has 0 N–H and O–H groups in total. The fourth-order valence-corrected chi connectivity index (χ4v) is 3.26. The maximum atomic E-state index is 13.1. The highest BCUT2D eigenvalue weighted by Gasteiger charge is 2.35. The smallest absolute Gasteiger partial charge is 0.417 e. The first-order valence-electron chi connectivity index (χ1n) is 8.62. The van der Waals surface area contributed by atoms with E-state index in [1.807, 2.05) is 24.3 Å². The molecule has 0 saturated heterocycles. The van der Waals surface area contributed by atoms with Gasteiger partial charge in [0.25, 0.3) is 0 Å². The first kappa shape index (κ1) is 18.7. The fraction of sp³-hybridized carbons (Fsp3) is 0.0909. The highest BCUT2D eigenvalue weighted by Crippen LogP contribution is 2.32. The molecule has 0 bridgehead atoms. The van der Waals surface area contributed by atoms with Crippen LogP contribution in [0.4, 0.5) is 13.2 Å². The van der Waals surface area contributed by atoms with Crippen LogP contribution in [-0.2, 0) is 17.5 Å². The molecule has 7 heteroatoms. The number of benzene rings is 3. The van der Waals surface area contributed by atoms with Crippen LogP contribution in [0.15, 0.2) is 75.9 Å². The van der Waals surface area contributed by atoms with Crippen LogP contribution in [0, 0.1) is 0 Å². The van der Waals surface area contributed by atoms with Gasteiger partial charge in [0.15, 0.2) is 0 Å². The lowest BCUT2D eigenvalue weighted by Crippen LogP contribution is -2.15. The highest BCUT2D eigenvalue weighted by atomic mass is 19.4. The second kappa shape index (κ2) is 7.09. The van der Waals surface area contributed by atoms with Crippen LogP contribution < -0.4 is 5.63 Å². The van der Waals surface area contributed by atoms with Gasteiger partial charge in [-0.2, -0.15) is 13.2 Å². The van der Waals surface area contributed by atoms with E-state index in [1.54, 1.807) is 12.1 Å². The number of carbonyl (C=O) groups excluding carboxylic acids is 1. The number of ether oxygens (including phenoxy) is 1. The van der Waals surface area contributed by atoms with Crippen LogP contribution in [0.5, 0.6) is 0 Å². The topological polar surface area (TPSA) is 56.5 Å². The van der Waals surface area contributed by atoms with Gasteiger partial charge in [0, 0.05) is 17.0 Å². The van der Waals surface area contributed by atoms with Crippen molar-refractivity contribution < 1.29 is 27.1 Å². The van der Waals surface area contributed by atoms with Crippen molar-refractivity contribution in [1.29, 1.82) is 0 Å². The molecule has 4 nitrogen and oxygen atoms in total. The average Bonchev–Trinajstić information content (AvgIpc) is 2.70. The van der Waals surface area contributed by atoms with Crippen molar-refractivity contribution in [3.63, 3.8) is 0 Å². The van der Waals surface area contributed by atoms with E-state index in [0.29, 0.717) is 16.5 Å². The number of fused-ring (bicyclic) bond motifs is 3. The minimum atomic E-state index is -4.69. The van der Waals surface area contributed by atoms with Crippen LogP contribution in [0.25, 0.3) is 21.7 Å². The molecule has 0 aliphatic rings. The Labute approximate surface area is 162 Å². The fourth-order valence-electron chi connectivity index (χ4n) is 3.26. The number of rotatable bonds is 3. The Hall–Kier alpha value is -3.61. The second-order valence-corrected chi connectivity index (χ2v) is 6.37. The summed E-state index contributed by atoms with van der Waals surface area (Å²) in [5.74, 6) is -1.13. The molecular formula is C22H13F3O4. The van der Waals surface area contributed by atoms with E-state index in [1.165, 1.54) is 18.2 Å². The van der Waals surface area contributed by atoms with Crippen LogP contribution in [0.3, 0.4) is 0 Å². The van der Waals surface area contributed by atoms with Gasteiger partial charge in [-0.05, 0) is 29.0 Å². The molecular weight excluding hydrogens is 385 g/mol. The molecule has 0 radical (unpaired) electrons. The van der Waals surface area contributed by atoms with Crippen molar-refractivity contribution in [2.24, 2.45) is 0 Å². The molecule has 3 aromatic carbocycles. The zero-order chi connectivity index (χ0) is 20.6. The maximum Gasteiger partial charge on any atom is 0.417 e. The van der Waals surface area contributed by atoms with Gasteiger partial charge in [0.2, 0.25) is 0 Å². The lowest BCUT2D eigenvalue weighted by Gasteiger charge is -2.13. The number of hydrogen-bond acceptors (Lipinski definition) is 4. The van der Waals surface area contributed by atoms with Crippen molar-refractivity contribution in [2.75, 3.05) is 0 Å². The third kappa shape index (κ3) is 3.59. The van der Waals surface area contributed by atoms with E-state index < -0.39 is 28.9 Å². The zero-order valence-corrected chi connectivity index (χ0v) is 14.8. The summed E-state index contributed by atoms with van der Waals surface area (Å²) in [7, 11) is 0. The summed E-state index contributed by atoms with van der Waals surface area (Å²) in [4.78, 5) is 24.2. The van der Waals surface area contributed by atoms with E-state index in [2.05, 4.69) is 0 Å². The maximum absolute atomic E-state index is 13.1. The molecule has 0 unspecified atom stereocenters. The van der Waals surface area contributed by atoms with Gasteiger partial charge < -0.3 is 9.15 Å². The van der Waals surface area contributed by atoms with Crippen LogP contribution >= 0.6 is 0 Å². The SMILES string of the molecule is O=C(OCc1cc(=O)oc2ccc3ccccc3c12)c1ccccc1C(F)(F)F. The summed E-state index contributed by atoms with van der Waals surface area (Å²) in [6.07, 6.45) is -4.69. The van der Waals surface area contributed by atoms with Gasteiger partial charge in [-0.1, -0.05) is 42.5 Å². The Morgan fingerprint density at radius 2 is 1.69 bits per heavy atom. The highest BCUT2D eigenvalue weighted by molar-refractivity contribution is 6.07. The van der Waals surface area contributed by atoms with Gasteiger partial charge in [-0.25, -0.2) is 9.59 Å². The van der Waals surface area contributed by atoms with E-state index in [0.717, 1.165) is 22.9 Å². The Morgan fingerprint density at radius 1 is 0.966 bits per heavy atom. The summed E-state index contributed by atoms with van der Waals surface area (Å²) in [5, 5.41) is 2.22. The molecule has 0 amide bonds. The third-order valence-corrected chi connectivity index (χ3v) is 4.53. The van der Waals surface area contributed by atoms with Gasteiger partial charge in [0.05, 0.1) is 11.1 Å². The predicted octanol–water partition coefficient (Wildman–Crippen LogP) is 5.32.